The molecule has 116 valence electrons. The predicted octanol–water partition coefficient (Wildman–Crippen LogP) is 5.20. The Balaban J connectivity index is 0.000000203. The van der Waals surface area contributed by atoms with Crippen LogP contribution in [0.15, 0.2) is 95.0 Å². The minimum Gasteiger partial charge on any atom is -0.410 e. The van der Waals surface area contributed by atoms with Crippen LogP contribution in [-0.2, 0) is 0 Å². The van der Waals surface area contributed by atoms with Crippen LogP contribution in [0, 0.1) is 6.92 Å². The summed E-state index contributed by atoms with van der Waals surface area (Å²) in [6, 6.07) is 27.3. The van der Waals surface area contributed by atoms with Crippen LogP contribution in [0.2, 0.25) is 0 Å². The van der Waals surface area contributed by atoms with Crippen molar-refractivity contribution in [2.75, 3.05) is 0 Å². The largest absolute Gasteiger partial charge is 0.410 e. The summed E-state index contributed by atoms with van der Waals surface area (Å²) in [5.41, 5.74) is 3.69. The molecular weight excluding hydrogens is 302 g/mol. The van der Waals surface area contributed by atoms with Crippen molar-refractivity contribution in [2.45, 2.75) is 11.8 Å². The monoisotopic (exact) mass is 321 g/mol. The first-order valence-electron chi connectivity index (χ1n) is 7.29. The van der Waals surface area contributed by atoms with Gasteiger partial charge in [0.1, 0.15) is 5.71 Å². The molecule has 0 aliphatic carbocycles. The van der Waals surface area contributed by atoms with E-state index in [2.05, 4.69) is 24.7 Å². The topological polar surface area (TPSA) is 32.6 Å². The highest BCUT2D eigenvalue weighted by Gasteiger charge is 2.05. The van der Waals surface area contributed by atoms with Crippen molar-refractivity contribution in [1.29, 1.82) is 0 Å². The van der Waals surface area contributed by atoms with E-state index in [1.807, 2.05) is 84.9 Å². The summed E-state index contributed by atoms with van der Waals surface area (Å²) in [5.74, 6) is 0. The maximum atomic E-state index is 9.02. The van der Waals surface area contributed by atoms with Gasteiger partial charge in [-0.3, -0.25) is 0 Å². The fourth-order valence-electron chi connectivity index (χ4n) is 2.02. The zero-order valence-corrected chi connectivity index (χ0v) is 13.8. The molecule has 0 aromatic heterocycles. The van der Waals surface area contributed by atoms with E-state index in [4.69, 9.17) is 5.21 Å². The van der Waals surface area contributed by atoms with Gasteiger partial charge in [-0.05, 0) is 19.1 Å². The molecule has 0 bridgehead atoms. The molecule has 1 N–H and O–H groups in total. The van der Waals surface area contributed by atoms with Crippen LogP contribution in [0.4, 0.5) is 0 Å². The van der Waals surface area contributed by atoms with Crippen LogP contribution in [0.5, 0.6) is 0 Å². The molecule has 2 nitrogen and oxygen atoms in total. The number of benzene rings is 3. The summed E-state index contributed by atoms with van der Waals surface area (Å²) in [7, 11) is 0. The number of nitrogens with zero attached hydrogens (tertiary/aromatic N) is 1. The van der Waals surface area contributed by atoms with Crippen molar-refractivity contribution in [3.63, 3.8) is 0 Å². The standard InChI is InChI=1S/C13H11NO.C7H8S/c15-14-13(11-7-3-1-4-8-11)12-9-5-2-6-10-12;1-6-2-4-7(8)5-3-6/h1-10,15H;2-5,8H,1H3. The third-order valence-corrected chi connectivity index (χ3v) is 3.53. The highest BCUT2D eigenvalue weighted by Crippen LogP contribution is 2.10. The van der Waals surface area contributed by atoms with Gasteiger partial charge in [-0.25, -0.2) is 0 Å². The second-order valence-corrected chi connectivity index (χ2v) is 5.53. The zero-order chi connectivity index (χ0) is 16.5. The molecule has 3 aromatic rings. The number of thiol groups is 1. The quantitative estimate of drug-likeness (QED) is 0.289. The van der Waals surface area contributed by atoms with E-state index < -0.39 is 0 Å². The lowest BCUT2D eigenvalue weighted by Crippen LogP contribution is -2.02. The molecule has 0 aliphatic rings. The minimum atomic E-state index is 0.594. The molecule has 3 rings (SSSR count). The Morgan fingerprint density at radius 2 is 1.17 bits per heavy atom. The Morgan fingerprint density at radius 1 is 0.739 bits per heavy atom. The number of hydrogen-bond donors (Lipinski definition) is 2. The molecule has 0 aliphatic heterocycles. The molecule has 0 heterocycles. The van der Waals surface area contributed by atoms with Crippen molar-refractivity contribution < 1.29 is 5.21 Å². The van der Waals surface area contributed by atoms with E-state index in [9.17, 15) is 0 Å². The molecule has 0 saturated carbocycles. The first kappa shape index (κ1) is 16.8. The van der Waals surface area contributed by atoms with Crippen molar-refractivity contribution >= 4 is 18.3 Å². The molecule has 0 radical (unpaired) electrons. The van der Waals surface area contributed by atoms with E-state index in [1.54, 1.807) is 0 Å². The Hall–Kier alpha value is -2.52. The number of oxime groups is 1. The van der Waals surface area contributed by atoms with Crippen LogP contribution in [0.1, 0.15) is 16.7 Å². The van der Waals surface area contributed by atoms with E-state index in [-0.39, 0.29) is 0 Å². The maximum absolute atomic E-state index is 9.02. The average Bonchev–Trinajstić information content (AvgIpc) is 2.61. The average molecular weight is 321 g/mol. The molecule has 3 aromatic carbocycles. The SMILES string of the molecule is Cc1ccc(S)cc1.ON=C(c1ccccc1)c1ccccc1. The summed E-state index contributed by atoms with van der Waals surface area (Å²) < 4.78 is 0. The Kier molecular flexibility index (Phi) is 6.45. The predicted molar refractivity (Wildman–Crippen MR) is 98.7 cm³/mol. The van der Waals surface area contributed by atoms with Gasteiger partial charge in [-0.15, -0.1) is 12.6 Å². The van der Waals surface area contributed by atoms with Crippen molar-refractivity contribution in [1.82, 2.24) is 0 Å². The van der Waals surface area contributed by atoms with Gasteiger partial charge in [0.2, 0.25) is 0 Å². The van der Waals surface area contributed by atoms with Gasteiger partial charge in [0.25, 0.3) is 0 Å². The fraction of sp³-hybridized carbons (Fsp3) is 0.0500. The fourth-order valence-corrected chi connectivity index (χ4v) is 2.17. The Morgan fingerprint density at radius 3 is 1.52 bits per heavy atom. The lowest BCUT2D eigenvalue weighted by Gasteiger charge is -2.03. The lowest BCUT2D eigenvalue weighted by atomic mass is 10.0. The molecule has 0 atom stereocenters. The second kappa shape index (κ2) is 8.81. The van der Waals surface area contributed by atoms with Crippen LogP contribution >= 0.6 is 12.6 Å². The van der Waals surface area contributed by atoms with Crippen molar-refractivity contribution in [3.8, 4) is 0 Å². The van der Waals surface area contributed by atoms with E-state index in [0.29, 0.717) is 5.71 Å². The second-order valence-electron chi connectivity index (χ2n) is 5.02. The molecule has 0 amide bonds. The van der Waals surface area contributed by atoms with Crippen molar-refractivity contribution in [3.05, 3.63) is 102 Å². The van der Waals surface area contributed by atoms with Gasteiger partial charge >= 0.3 is 0 Å². The first-order chi connectivity index (χ1) is 11.2. The molecule has 3 heteroatoms. The van der Waals surface area contributed by atoms with Gasteiger partial charge in [0.15, 0.2) is 0 Å². The van der Waals surface area contributed by atoms with Gasteiger partial charge in [0.05, 0.1) is 0 Å². The summed E-state index contributed by atoms with van der Waals surface area (Å²) >= 11 is 4.13. The third kappa shape index (κ3) is 5.31. The van der Waals surface area contributed by atoms with Gasteiger partial charge < -0.3 is 5.21 Å². The van der Waals surface area contributed by atoms with Crippen LogP contribution in [0.3, 0.4) is 0 Å². The summed E-state index contributed by atoms with van der Waals surface area (Å²) in [4.78, 5) is 1.02. The Bertz CT molecular complexity index is 675. The minimum absolute atomic E-state index is 0.594. The molecule has 0 spiro atoms. The summed E-state index contributed by atoms with van der Waals surface area (Å²) in [6.45, 7) is 2.06. The number of rotatable bonds is 2. The van der Waals surface area contributed by atoms with E-state index in [0.717, 1.165) is 16.0 Å². The molecule has 23 heavy (non-hydrogen) atoms. The lowest BCUT2D eigenvalue weighted by molar-refractivity contribution is 0.319. The highest BCUT2D eigenvalue weighted by atomic mass is 32.1. The summed E-state index contributed by atoms with van der Waals surface area (Å²) in [6.07, 6.45) is 0. The van der Waals surface area contributed by atoms with Crippen LogP contribution in [-0.4, -0.2) is 10.9 Å². The Labute approximate surface area is 142 Å². The maximum Gasteiger partial charge on any atom is 0.117 e. The van der Waals surface area contributed by atoms with Gasteiger partial charge in [0, 0.05) is 16.0 Å². The highest BCUT2D eigenvalue weighted by molar-refractivity contribution is 7.80. The number of aryl methyl sites for hydroxylation is 1. The summed E-state index contributed by atoms with van der Waals surface area (Å²) in [5, 5.41) is 12.4. The van der Waals surface area contributed by atoms with Crippen LogP contribution < -0.4 is 0 Å². The van der Waals surface area contributed by atoms with Crippen LogP contribution in [0.25, 0.3) is 0 Å². The number of hydrogen-bond acceptors (Lipinski definition) is 3. The zero-order valence-electron chi connectivity index (χ0n) is 12.9. The van der Waals surface area contributed by atoms with E-state index >= 15 is 0 Å². The third-order valence-electron chi connectivity index (χ3n) is 3.23. The van der Waals surface area contributed by atoms with Gasteiger partial charge in [-0.1, -0.05) is 83.5 Å². The smallest absolute Gasteiger partial charge is 0.117 e. The van der Waals surface area contributed by atoms with Gasteiger partial charge in [-0.2, -0.15) is 0 Å². The molecule has 0 saturated heterocycles. The molecular formula is C20H19NOS. The van der Waals surface area contributed by atoms with E-state index in [1.165, 1.54) is 5.56 Å². The molecule has 0 fully saturated rings. The molecule has 0 unspecified atom stereocenters. The normalized spacial score (nSPS) is 9.48. The van der Waals surface area contributed by atoms with Crippen molar-refractivity contribution in [2.24, 2.45) is 5.16 Å². The first-order valence-corrected chi connectivity index (χ1v) is 7.74.